The van der Waals surface area contributed by atoms with Crippen molar-refractivity contribution in [3.8, 4) is 0 Å². The molecule has 1 aliphatic rings. The summed E-state index contributed by atoms with van der Waals surface area (Å²) in [6.07, 6.45) is 6.27. The molecule has 2 nitrogen and oxygen atoms in total. The summed E-state index contributed by atoms with van der Waals surface area (Å²) >= 11 is 1.61. The summed E-state index contributed by atoms with van der Waals surface area (Å²) in [7, 11) is 0. The van der Waals surface area contributed by atoms with E-state index >= 15 is 0 Å². The molecule has 0 aliphatic heterocycles. The highest BCUT2D eigenvalue weighted by Crippen LogP contribution is 2.32. The molecule has 0 aromatic carbocycles. The molecule has 0 amide bonds. The lowest BCUT2D eigenvalue weighted by molar-refractivity contribution is 0.112. The van der Waals surface area contributed by atoms with E-state index in [4.69, 9.17) is 0 Å². The predicted octanol–water partition coefficient (Wildman–Crippen LogP) is 3.33. The molecule has 1 heterocycles. The fourth-order valence-corrected chi connectivity index (χ4v) is 3.33. The second kappa shape index (κ2) is 4.79. The zero-order valence-electron chi connectivity index (χ0n) is 9.11. The average molecular weight is 223 g/mol. The van der Waals surface area contributed by atoms with Crippen molar-refractivity contribution in [2.45, 2.75) is 38.6 Å². The van der Waals surface area contributed by atoms with Crippen LogP contribution in [0.25, 0.3) is 0 Å². The summed E-state index contributed by atoms with van der Waals surface area (Å²) in [5.41, 5.74) is 0. The lowest BCUT2D eigenvalue weighted by Gasteiger charge is -2.28. The maximum Gasteiger partial charge on any atom is 0.160 e. The van der Waals surface area contributed by atoms with Gasteiger partial charge in [0.05, 0.1) is 9.88 Å². The lowest BCUT2D eigenvalue weighted by Crippen LogP contribution is -2.32. The van der Waals surface area contributed by atoms with Crippen molar-refractivity contribution in [2.24, 2.45) is 0 Å². The Labute approximate surface area is 94.9 Å². The largest absolute Gasteiger partial charge is 0.361 e. The van der Waals surface area contributed by atoms with E-state index in [0.717, 1.165) is 17.7 Å². The van der Waals surface area contributed by atoms with Crippen molar-refractivity contribution in [2.75, 3.05) is 11.4 Å². The van der Waals surface area contributed by atoms with Crippen LogP contribution in [-0.2, 0) is 0 Å². The van der Waals surface area contributed by atoms with Gasteiger partial charge in [-0.05, 0) is 31.9 Å². The van der Waals surface area contributed by atoms with E-state index in [-0.39, 0.29) is 0 Å². The van der Waals surface area contributed by atoms with E-state index in [9.17, 15) is 4.79 Å². The van der Waals surface area contributed by atoms with E-state index < -0.39 is 0 Å². The van der Waals surface area contributed by atoms with Gasteiger partial charge < -0.3 is 4.90 Å². The highest BCUT2D eigenvalue weighted by atomic mass is 32.1. The van der Waals surface area contributed by atoms with Gasteiger partial charge in [0.25, 0.3) is 0 Å². The third-order valence-corrected chi connectivity index (χ3v) is 4.17. The van der Waals surface area contributed by atoms with Gasteiger partial charge in [-0.3, -0.25) is 4.79 Å². The first-order chi connectivity index (χ1) is 7.35. The Kier molecular flexibility index (Phi) is 3.41. The highest BCUT2D eigenvalue weighted by molar-refractivity contribution is 7.17. The number of nitrogens with zero attached hydrogens (tertiary/aromatic N) is 1. The summed E-state index contributed by atoms with van der Waals surface area (Å²) in [4.78, 5) is 13.9. The summed E-state index contributed by atoms with van der Waals surface area (Å²) in [5.74, 6) is 0. The summed E-state index contributed by atoms with van der Waals surface area (Å²) in [6, 6.07) is 4.70. The molecule has 1 fully saturated rings. The smallest absolute Gasteiger partial charge is 0.160 e. The van der Waals surface area contributed by atoms with E-state index in [1.165, 1.54) is 30.7 Å². The Morgan fingerprint density at radius 3 is 2.73 bits per heavy atom. The van der Waals surface area contributed by atoms with Gasteiger partial charge in [-0.25, -0.2) is 0 Å². The van der Waals surface area contributed by atoms with E-state index in [2.05, 4.69) is 17.9 Å². The lowest BCUT2D eigenvalue weighted by atomic mass is 10.2. The summed E-state index contributed by atoms with van der Waals surface area (Å²) in [5, 5.41) is 1.26. The molecule has 2 rings (SSSR count). The van der Waals surface area contributed by atoms with Crippen LogP contribution in [0.5, 0.6) is 0 Å². The van der Waals surface area contributed by atoms with Crippen LogP contribution in [0.2, 0.25) is 0 Å². The minimum atomic E-state index is 0.702. The number of carbonyl (C=O) groups is 1. The molecule has 3 heteroatoms. The number of carbonyl (C=O) groups excluding carboxylic acids is 1. The van der Waals surface area contributed by atoms with Crippen molar-refractivity contribution in [1.29, 1.82) is 0 Å². The SMILES string of the molecule is CCN(c1ccc(C=O)s1)C1CCCC1. The molecule has 15 heavy (non-hydrogen) atoms. The Bertz CT molecular complexity index is 328. The van der Waals surface area contributed by atoms with E-state index in [1.807, 2.05) is 6.07 Å². The van der Waals surface area contributed by atoms with Crippen LogP contribution in [0.4, 0.5) is 5.00 Å². The van der Waals surface area contributed by atoms with Gasteiger partial charge in [-0.2, -0.15) is 0 Å². The Morgan fingerprint density at radius 2 is 2.20 bits per heavy atom. The molecule has 0 saturated heterocycles. The minimum absolute atomic E-state index is 0.702. The maximum atomic E-state index is 10.6. The zero-order chi connectivity index (χ0) is 10.7. The molecule has 1 saturated carbocycles. The van der Waals surface area contributed by atoms with Crippen LogP contribution in [0.3, 0.4) is 0 Å². The first-order valence-corrected chi connectivity index (χ1v) is 6.48. The Hall–Kier alpha value is -0.830. The average Bonchev–Trinajstić information content (AvgIpc) is 2.89. The molecule has 0 spiro atoms. The van der Waals surface area contributed by atoms with Crippen LogP contribution in [-0.4, -0.2) is 18.9 Å². The van der Waals surface area contributed by atoms with Crippen molar-refractivity contribution >= 4 is 22.6 Å². The molecule has 1 aliphatic carbocycles. The molecule has 0 bridgehead atoms. The fourth-order valence-electron chi connectivity index (χ4n) is 2.37. The van der Waals surface area contributed by atoms with Crippen LogP contribution in [0, 0.1) is 0 Å². The number of hydrogen-bond donors (Lipinski definition) is 0. The second-order valence-electron chi connectivity index (χ2n) is 4.02. The first-order valence-electron chi connectivity index (χ1n) is 5.66. The monoisotopic (exact) mass is 223 g/mol. The maximum absolute atomic E-state index is 10.6. The van der Waals surface area contributed by atoms with Crippen molar-refractivity contribution in [3.63, 3.8) is 0 Å². The Balaban J connectivity index is 2.14. The third kappa shape index (κ3) is 2.23. The molecule has 1 aromatic rings. The Morgan fingerprint density at radius 1 is 1.47 bits per heavy atom. The highest BCUT2D eigenvalue weighted by Gasteiger charge is 2.22. The van der Waals surface area contributed by atoms with Gasteiger partial charge in [-0.15, -0.1) is 11.3 Å². The second-order valence-corrected chi connectivity index (χ2v) is 5.11. The molecular weight excluding hydrogens is 206 g/mol. The van der Waals surface area contributed by atoms with Crippen molar-refractivity contribution < 1.29 is 4.79 Å². The molecule has 0 radical (unpaired) electrons. The van der Waals surface area contributed by atoms with Gasteiger partial charge >= 0.3 is 0 Å². The third-order valence-electron chi connectivity index (χ3n) is 3.12. The quantitative estimate of drug-likeness (QED) is 0.730. The fraction of sp³-hybridized carbons (Fsp3) is 0.583. The number of hydrogen-bond acceptors (Lipinski definition) is 3. The summed E-state index contributed by atoms with van der Waals surface area (Å²) < 4.78 is 0. The molecule has 1 aromatic heterocycles. The van der Waals surface area contributed by atoms with Crippen molar-refractivity contribution in [1.82, 2.24) is 0 Å². The molecule has 0 atom stereocenters. The molecular formula is C12H17NOS. The summed E-state index contributed by atoms with van der Waals surface area (Å²) in [6.45, 7) is 3.24. The van der Waals surface area contributed by atoms with Gasteiger partial charge in [0.15, 0.2) is 6.29 Å². The number of anilines is 1. The van der Waals surface area contributed by atoms with Crippen LogP contribution >= 0.6 is 11.3 Å². The van der Waals surface area contributed by atoms with Gasteiger partial charge in [-0.1, -0.05) is 12.8 Å². The molecule has 82 valence electrons. The first kappa shape index (κ1) is 10.7. The normalized spacial score (nSPS) is 16.9. The zero-order valence-corrected chi connectivity index (χ0v) is 9.93. The van der Waals surface area contributed by atoms with Crippen molar-refractivity contribution in [3.05, 3.63) is 17.0 Å². The van der Waals surface area contributed by atoms with Gasteiger partial charge in [0.1, 0.15) is 0 Å². The molecule has 0 unspecified atom stereocenters. The van der Waals surface area contributed by atoms with E-state index in [0.29, 0.717) is 6.04 Å². The standard InChI is InChI=1S/C12H17NOS/c1-2-13(10-5-3-4-6-10)12-8-7-11(9-14)15-12/h7-10H,2-6H2,1H3. The molecule has 0 N–H and O–H groups in total. The number of rotatable bonds is 4. The van der Waals surface area contributed by atoms with Gasteiger partial charge in [0, 0.05) is 12.6 Å². The topological polar surface area (TPSA) is 20.3 Å². The van der Waals surface area contributed by atoms with Crippen LogP contribution < -0.4 is 4.90 Å². The number of thiophene rings is 1. The van der Waals surface area contributed by atoms with Gasteiger partial charge in [0.2, 0.25) is 0 Å². The van der Waals surface area contributed by atoms with Crippen LogP contribution in [0.1, 0.15) is 42.3 Å². The van der Waals surface area contributed by atoms with Crippen LogP contribution in [0.15, 0.2) is 12.1 Å². The van der Waals surface area contributed by atoms with E-state index in [1.54, 1.807) is 11.3 Å². The number of aldehydes is 1. The predicted molar refractivity (Wildman–Crippen MR) is 65.0 cm³/mol. The minimum Gasteiger partial charge on any atom is -0.361 e.